The SMILES string of the molecule is CC(C)[SH](=O)(O)C(C)C.[Zn]. The molecule has 0 fully saturated rings. The maximum absolute atomic E-state index is 11.2. The second kappa shape index (κ2) is 4.58. The van der Waals surface area contributed by atoms with Crippen LogP contribution in [-0.2, 0) is 29.7 Å². The largest absolute Gasteiger partial charge is 0.305 e. The van der Waals surface area contributed by atoms with Gasteiger partial charge in [0, 0.05) is 30.0 Å². The first kappa shape index (κ1) is 13.3. The second-order valence-corrected chi connectivity index (χ2v) is 6.27. The molecule has 0 atom stereocenters. The van der Waals surface area contributed by atoms with Crippen LogP contribution in [0.25, 0.3) is 0 Å². The summed E-state index contributed by atoms with van der Waals surface area (Å²) in [5.41, 5.74) is 0. The summed E-state index contributed by atoms with van der Waals surface area (Å²) in [6.07, 6.45) is 0. The van der Waals surface area contributed by atoms with Crippen molar-refractivity contribution in [3.63, 3.8) is 0 Å². The van der Waals surface area contributed by atoms with Gasteiger partial charge in [0.2, 0.25) is 0 Å². The monoisotopic (exact) mass is 216 g/mol. The molecule has 0 rings (SSSR count). The Morgan fingerprint density at radius 1 is 1.10 bits per heavy atom. The molecule has 0 radical (unpaired) electrons. The third-order valence-corrected chi connectivity index (χ3v) is 4.44. The van der Waals surface area contributed by atoms with Crippen LogP contribution in [0.2, 0.25) is 0 Å². The number of hydrogen-bond acceptors (Lipinski definition) is 1. The van der Waals surface area contributed by atoms with E-state index in [0.717, 1.165) is 0 Å². The predicted octanol–water partition coefficient (Wildman–Crippen LogP) is 1.29. The molecule has 0 saturated carbocycles. The fourth-order valence-electron chi connectivity index (χ4n) is 0.596. The van der Waals surface area contributed by atoms with Crippen molar-refractivity contribution in [3.8, 4) is 0 Å². The van der Waals surface area contributed by atoms with E-state index in [1.807, 2.05) is 0 Å². The average Bonchev–Trinajstić information content (AvgIpc) is 1.65. The summed E-state index contributed by atoms with van der Waals surface area (Å²) in [4.78, 5) is 0. The average molecular weight is 218 g/mol. The molecule has 10 heavy (non-hydrogen) atoms. The smallest absolute Gasteiger partial charge is 0.0373 e. The number of thiol groups is 1. The van der Waals surface area contributed by atoms with Crippen molar-refractivity contribution in [2.75, 3.05) is 0 Å². The van der Waals surface area contributed by atoms with Gasteiger partial charge in [0.05, 0.1) is 0 Å². The zero-order valence-electron chi connectivity index (χ0n) is 7.16. The van der Waals surface area contributed by atoms with Gasteiger partial charge < -0.3 is 4.55 Å². The van der Waals surface area contributed by atoms with Crippen LogP contribution in [0, 0.1) is 0 Å². The first-order valence-corrected chi connectivity index (χ1v) is 5.01. The van der Waals surface area contributed by atoms with Gasteiger partial charge in [-0.05, 0) is 27.7 Å². The molecule has 0 heterocycles. The summed E-state index contributed by atoms with van der Waals surface area (Å²) in [6, 6.07) is 0. The van der Waals surface area contributed by atoms with Crippen molar-refractivity contribution in [3.05, 3.63) is 0 Å². The van der Waals surface area contributed by atoms with Crippen LogP contribution >= 0.6 is 0 Å². The standard InChI is InChI=1S/C6H16O2S.Zn/c1-5(2)9(7,8)6(3)4;/h5-6,9H,1-4H3,(H,7,8);. The topological polar surface area (TPSA) is 37.3 Å². The molecule has 0 amide bonds. The summed E-state index contributed by atoms with van der Waals surface area (Å²) in [5, 5.41) is -0.199. The van der Waals surface area contributed by atoms with Crippen LogP contribution in [0.3, 0.4) is 0 Å². The molecule has 4 heteroatoms. The molecule has 0 aliphatic heterocycles. The molecule has 0 aliphatic rings. The van der Waals surface area contributed by atoms with E-state index in [2.05, 4.69) is 0 Å². The first-order chi connectivity index (χ1) is 3.89. The van der Waals surface area contributed by atoms with E-state index in [1.165, 1.54) is 0 Å². The Kier molecular flexibility index (Phi) is 6.10. The van der Waals surface area contributed by atoms with E-state index in [0.29, 0.717) is 0 Å². The van der Waals surface area contributed by atoms with Crippen LogP contribution in [0.15, 0.2) is 0 Å². The van der Waals surface area contributed by atoms with E-state index in [1.54, 1.807) is 27.7 Å². The van der Waals surface area contributed by atoms with E-state index in [-0.39, 0.29) is 30.0 Å². The Morgan fingerprint density at radius 3 is 1.30 bits per heavy atom. The maximum Gasteiger partial charge on any atom is 0.0373 e. The zero-order valence-corrected chi connectivity index (χ0v) is 11.0. The quantitative estimate of drug-likeness (QED) is 0.540. The minimum atomic E-state index is -2.84. The molecule has 1 N–H and O–H groups in total. The van der Waals surface area contributed by atoms with E-state index in [4.69, 9.17) is 0 Å². The van der Waals surface area contributed by atoms with Gasteiger partial charge in [0.15, 0.2) is 0 Å². The third kappa shape index (κ3) is 3.22. The van der Waals surface area contributed by atoms with E-state index >= 15 is 0 Å². The van der Waals surface area contributed by atoms with Gasteiger partial charge in [-0.15, -0.1) is 0 Å². The molecule has 2 nitrogen and oxygen atoms in total. The molecule has 0 unspecified atom stereocenters. The summed E-state index contributed by atoms with van der Waals surface area (Å²) in [6.45, 7) is 7.11. The van der Waals surface area contributed by atoms with Gasteiger partial charge in [0.1, 0.15) is 0 Å². The van der Waals surface area contributed by atoms with Gasteiger partial charge in [-0.1, -0.05) is 0 Å². The Hall–Kier alpha value is 0.733. The summed E-state index contributed by atoms with van der Waals surface area (Å²) >= 11 is 0. The van der Waals surface area contributed by atoms with Crippen LogP contribution in [0.4, 0.5) is 0 Å². The van der Waals surface area contributed by atoms with Crippen molar-refractivity contribution in [1.82, 2.24) is 0 Å². The van der Waals surface area contributed by atoms with Crippen molar-refractivity contribution < 1.29 is 28.2 Å². The Labute approximate surface area is 76.8 Å². The van der Waals surface area contributed by atoms with Crippen molar-refractivity contribution >= 4 is 10.2 Å². The number of rotatable bonds is 2. The third-order valence-electron chi connectivity index (χ3n) is 1.48. The molecular formula is C6H16O2SZn. The second-order valence-electron chi connectivity index (χ2n) is 2.86. The molecule has 0 aromatic heterocycles. The normalized spacial score (nSPS) is 13.5. The van der Waals surface area contributed by atoms with Gasteiger partial charge in [-0.2, -0.15) is 10.2 Å². The van der Waals surface area contributed by atoms with Gasteiger partial charge in [-0.25, -0.2) is 4.21 Å². The van der Waals surface area contributed by atoms with Crippen molar-refractivity contribution in [2.45, 2.75) is 38.2 Å². The van der Waals surface area contributed by atoms with Crippen LogP contribution < -0.4 is 0 Å². The molecular weight excluding hydrogens is 202 g/mol. The summed E-state index contributed by atoms with van der Waals surface area (Å²) in [5.74, 6) is 0. The Balaban J connectivity index is 0. The van der Waals surface area contributed by atoms with Gasteiger partial charge >= 0.3 is 0 Å². The Bertz CT molecular complexity index is 122. The predicted molar refractivity (Wildman–Crippen MR) is 42.4 cm³/mol. The van der Waals surface area contributed by atoms with Crippen LogP contribution in [0.5, 0.6) is 0 Å². The fraction of sp³-hybridized carbons (Fsp3) is 1.00. The van der Waals surface area contributed by atoms with Crippen LogP contribution in [-0.4, -0.2) is 19.3 Å². The minimum absolute atomic E-state index is 0. The Morgan fingerprint density at radius 2 is 1.30 bits per heavy atom. The molecule has 0 aromatic carbocycles. The zero-order chi connectivity index (χ0) is 7.65. The minimum Gasteiger partial charge on any atom is -0.305 e. The molecule has 0 bridgehead atoms. The first-order valence-electron chi connectivity index (χ1n) is 3.21. The summed E-state index contributed by atoms with van der Waals surface area (Å²) in [7, 11) is -2.84. The molecule has 60 valence electrons. The maximum atomic E-state index is 11.2. The fourth-order valence-corrected chi connectivity index (χ4v) is 1.79. The number of hydrogen-bond donors (Lipinski definition) is 2. The van der Waals surface area contributed by atoms with E-state index < -0.39 is 10.2 Å². The summed E-state index contributed by atoms with van der Waals surface area (Å²) < 4.78 is 20.4. The van der Waals surface area contributed by atoms with Crippen molar-refractivity contribution in [1.29, 1.82) is 0 Å². The molecule has 0 aliphatic carbocycles. The van der Waals surface area contributed by atoms with Gasteiger partial charge in [-0.3, -0.25) is 0 Å². The van der Waals surface area contributed by atoms with E-state index in [9.17, 15) is 8.76 Å². The molecule has 0 aromatic rings. The van der Waals surface area contributed by atoms with Crippen molar-refractivity contribution in [2.24, 2.45) is 0 Å². The molecule has 0 saturated heterocycles. The molecule has 0 spiro atoms. The van der Waals surface area contributed by atoms with Gasteiger partial charge in [0.25, 0.3) is 0 Å². The van der Waals surface area contributed by atoms with Crippen LogP contribution in [0.1, 0.15) is 27.7 Å².